The van der Waals surface area contributed by atoms with Gasteiger partial charge < -0.3 is 0 Å². The maximum absolute atomic E-state index is 10.4. The van der Waals surface area contributed by atoms with E-state index in [2.05, 4.69) is 0 Å². The Labute approximate surface area is 83.9 Å². The molecule has 0 aliphatic heterocycles. The number of hydrogen-bond donors (Lipinski definition) is 0. The molecule has 0 rings (SSSR count). The molecular weight excluding hydrogens is 208 g/mol. The summed E-state index contributed by atoms with van der Waals surface area (Å²) in [5, 5.41) is 2.04. The van der Waals surface area contributed by atoms with Crippen LogP contribution in [0.15, 0.2) is 0 Å². The van der Waals surface area contributed by atoms with Crippen molar-refractivity contribution in [3.05, 3.63) is 0 Å². The number of ether oxygens (including phenoxy) is 1. The van der Waals surface area contributed by atoms with Crippen molar-refractivity contribution in [1.29, 1.82) is 0 Å². The summed E-state index contributed by atoms with van der Waals surface area (Å²) in [5.41, 5.74) is 0. The molecule has 0 aromatic carbocycles. The first-order valence-electron chi connectivity index (χ1n) is 4.28. The van der Waals surface area contributed by atoms with E-state index in [1.165, 1.54) is 6.92 Å². The molecule has 0 aliphatic carbocycles. The number of carbonyl (C=O) groups is 1. The van der Waals surface area contributed by atoms with E-state index in [9.17, 15) is 4.79 Å². The molecule has 4 nitrogen and oxygen atoms in total. The van der Waals surface area contributed by atoms with Crippen LogP contribution in [0.4, 0.5) is 0 Å². The van der Waals surface area contributed by atoms with Crippen LogP contribution in [-0.4, -0.2) is 26.8 Å². The average molecular weight is 226 g/mol. The zero-order valence-electron chi connectivity index (χ0n) is 8.75. The predicted octanol–water partition coefficient (Wildman–Crippen LogP) is 1.68. The molecule has 0 radical (unpaired) electrons. The minimum atomic E-state index is -2.45. The molecule has 78 valence electrons. The van der Waals surface area contributed by atoms with E-state index < -0.39 is 17.4 Å². The van der Waals surface area contributed by atoms with E-state index in [4.69, 9.17) is 11.4 Å². The fourth-order valence-electron chi connectivity index (χ4n) is 0.897. The molecule has 0 fully saturated rings. The van der Waals surface area contributed by atoms with Crippen LogP contribution in [0.2, 0.25) is 9.95 Å². The van der Waals surface area contributed by atoms with Crippen LogP contribution >= 0.6 is 0 Å². The quantitative estimate of drug-likeness (QED) is 0.392. The number of hydrogen-bond acceptors (Lipinski definition) is 4. The van der Waals surface area contributed by atoms with Gasteiger partial charge in [-0.3, -0.25) is 0 Å². The van der Waals surface area contributed by atoms with Gasteiger partial charge in [0.2, 0.25) is 0 Å². The second-order valence-corrected chi connectivity index (χ2v) is 8.58. The normalized spacial score (nSPS) is 11.4. The van der Waals surface area contributed by atoms with Gasteiger partial charge in [0.15, 0.2) is 0 Å². The van der Waals surface area contributed by atoms with E-state index in [1.807, 2.05) is 5.23 Å². The Balaban J connectivity index is 3.55. The molecule has 0 saturated heterocycles. The Hall–Kier alpha value is 0.104. The molecule has 5 heteroatoms. The van der Waals surface area contributed by atoms with Crippen molar-refractivity contribution in [3.63, 3.8) is 0 Å². The second kappa shape index (κ2) is 6.54. The summed E-state index contributed by atoms with van der Waals surface area (Å²) in [5.74, 6) is -0.232. The minimum absolute atomic E-state index is 0.232. The second-order valence-electron chi connectivity index (χ2n) is 2.99. The van der Waals surface area contributed by atoms with Gasteiger partial charge in [0.1, 0.15) is 0 Å². The molecule has 0 atom stereocenters. The summed E-state index contributed by atoms with van der Waals surface area (Å²) < 4.78 is 16.3. The van der Waals surface area contributed by atoms with E-state index in [-0.39, 0.29) is 5.97 Å². The number of esters is 1. The first-order chi connectivity index (χ1) is 6.04. The average Bonchev–Trinajstić information content (AvgIpc) is 2.12. The van der Waals surface area contributed by atoms with Crippen LogP contribution in [0.25, 0.3) is 0 Å². The van der Waals surface area contributed by atoms with Crippen molar-refractivity contribution in [1.82, 2.24) is 0 Å². The van der Waals surface area contributed by atoms with E-state index in [0.717, 1.165) is 11.1 Å². The van der Waals surface area contributed by atoms with Gasteiger partial charge in [-0.2, -0.15) is 0 Å². The third-order valence-corrected chi connectivity index (χ3v) is 6.61. The van der Waals surface area contributed by atoms with Gasteiger partial charge in [-0.25, -0.2) is 0 Å². The van der Waals surface area contributed by atoms with Gasteiger partial charge in [0.25, 0.3) is 0 Å². The topological polar surface area (TPSA) is 44.8 Å². The van der Waals surface area contributed by atoms with Crippen molar-refractivity contribution in [2.75, 3.05) is 20.8 Å². The Bertz CT molecular complexity index is 156. The fraction of sp³-hybridized carbons (Fsp3) is 0.875. The molecule has 13 heavy (non-hydrogen) atoms. The Morgan fingerprint density at radius 3 is 2.23 bits per heavy atom. The van der Waals surface area contributed by atoms with Crippen LogP contribution in [0, 0.1) is 0 Å². The third kappa shape index (κ3) is 6.21. The monoisotopic (exact) mass is 226 g/mol. The summed E-state index contributed by atoms with van der Waals surface area (Å²) in [6.07, 6.45) is 0.817. The first-order valence-corrected chi connectivity index (χ1v) is 8.22. The number of carbonyl (C=O) groups excluding carboxylic acids is 1. The summed E-state index contributed by atoms with van der Waals surface area (Å²) in [6, 6.07) is 0. The molecule has 0 amide bonds. The van der Waals surface area contributed by atoms with Gasteiger partial charge in [0.05, 0.1) is 0 Å². The summed E-state index contributed by atoms with van der Waals surface area (Å²) in [6.45, 7) is 1.87. The Kier molecular flexibility index (Phi) is 6.59. The Morgan fingerprint density at radius 1 is 1.31 bits per heavy atom. The van der Waals surface area contributed by atoms with E-state index in [1.54, 1.807) is 14.2 Å². The predicted molar refractivity (Wildman–Crippen MR) is 45.9 cm³/mol. The molecule has 0 saturated carbocycles. The Morgan fingerprint density at radius 2 is 1.85 bits per heavy atom. The molecule has 0 heterocycles. The van der Waals surface area contributed by atoms with Gasteiger partial charge in [0, 0.05) is 0 Å². The molecular formula is C8H18O4Ti. The summed E-state index contributed by atoms with van der Waals surface area (Å²) in [4.78, 5) is 10.4. The first kappa shape index (κ1) is 13.1. The molecule has 0 aliphatic rings. The van der Waals surface area contributed by atoms with Crippen molar-refractivity contribution < 1.29 is 33.5 Å². The molecule has 0 unspecified atom stereocenters. The van der Waals surface area contributed by atoms with E-state index >= 15 is 0 Å². The molecule has 0 spiro atoms. The van der Waals surface area contributed by atoms with Crippen LogP contribution in [0.1, 0.15) is 13.3 Å². The molecule has 0 aromatic rings. The maximum atomic E-state index is 10.4. The van der Waals surface area contributed by atoms with Crippen LogP contribution < -0.4 is 0 Å². The number of rotatable bonds is 6. The van der Waals surface area contributed by atoms with Crippen molar-refractivity contribution >= 4 is 5.97 Å². The molecule has 0 bridgehead atoms. The van der Waals surface area contributed by atoms with Crippen LogP contribution in [0.5, 0.6) is 0 Å². The zero-order valence-corrected chi connectivity index (χ0v) is 10.3. The molecule has 0 N–H and O–H groups in total. The SMILES string of the molecule is C[O][Ti]([CH3])([CH2]CCOC(C)=O)[O]C. The van der Waals surface area contributed by atoms with Gasteiger partial charge in [-0.05, 0) is 0 Å². The molecule has 0 aromatic heterocycles. The van der Waals surface area contributed by atoms with Crippen molar-refractivity contribution in [2.24, 2.45) is 0 Å². The van der Waals surface area contributed by atoms with Gasteiger partial charge >= 0.3 is 83.6 Å². The van der Waals surface area contributed by atoms with E-state index in [0.29, 0.717) is 6.61 Å². The van der Waals surface area contributed by atoms with Crippen LogP contribution in [-0.2, 0) is 33.5 Å². The van der Waals surface area contributed by atoms with Crippen LogP contribution in [0.3, 0.4) is 0 Å². The fourth-order valence-corrected chi connectivity index (χ4v) is 3.02. The standard InChI is InChI=1S/C5H9O2.2CH3O.CH3.Ti/c1-3-4-7-5(2)6;2*1-2;;/h1,3-4H2,2H3;2*1H3;1H3;/q;2*-1;;+2. The zero-order chi connectivity index (χ0) is 10.3. The summed E-state index contributed by atoms with van der Waals surface area (Å²) in [7, 11) is 3.35. The summed E-state index contributed by atoms with van der Waals surface area (Å²) >= 11 is -2.45. The van der Waals surface area contributed by atoms with Gasteiger partial charge in [-0.1, -0.05) is 0 Å². The third-order valence-electron chi connectivity index (χ3n) is 1.94. The van der Waals surface area contributed by atoms with Crippen molar-refractivity contribution in [2.45, 2.75) is 23.3 Å². The van der Waals surface area contributed by atoms with Crippen molar-refractivity contribution in [3.8, 4) is 0 Å². The van der Waals surface area contributed by atoms with Gasteiger partial charge in [-0.15, -0.1) is 0 Å².